The number of carbonyl (C=O) groups is 2. The van der Waals surface area contributed by atoms with Gasteiger partial charge in [0.15, 0.2) is 12.0 Å². The van der Waals surface area contributed by atoms with Crippen molar-refractivity contribution in [3.8, 4) is 17.1 Å². The van der Waals surface area contributed by atoms with Crippen LogP contribution in [0, 0.1) is 7.43 Å². The minimum atomic E-state index is -0.323. The predicted octanol–water partition coefficient (Wildman–Crippen LogP) is 0.520. The number of nitrogens with two attached hydrogens (primary N) is 1. The number of aryl methyl sites for hydroxylation is 2. The summed E-state index contributed by atoms with van der Waals surface area (Å²) >= 11 is 0. The van der Waals surface area contributed by atoms with Crippen molar-refractivity contribution in [1.82, 2.24) is 10.1 Å². The minimum absolute atomic E-state index is 0. The molecule has 0 spiro atoms. The van der Waals surface area contributed by atoms with Crippen LogP contribution in [-0.4, -0.2) is 47.5 Å². The number of benzene rings is 2. The monoisotopic (exact) mass is 445 g/mol. The molecule has 0 unspecified atom stereocenters. The average Bonchev–Trinajstić information content (AvgIpc) is 3.43. The Morgan fingerprint density at radius 2 is 1.84 bits per heavy atom. The van der Waals surface area contributed by atoms with Crippen LogP contribution in [-0.2, 0) is 12.8 Å². The van der Waals surface area contributed by atoms with Gasteiger partial charge in [-0.3, -0.25) is 9.59 Å². The van der Waals surface area contributed by atoms with Gasteiger partial charge in [-0.15, -0.1) is 0 Å². The van der Waals surface area contributed by atoms with Crippen LogP contribution in [0.3, 0.4) is 0 Å². The van der Waals surface area contributed by atoms with Crippen molar-refractivity contribution in [3.05, 3.63) is 78.3 Å². The zero-order valence-electron chi connectivity index (χ0n) is 18.9. The molecule has 1 heterocycles. The van der Waals surface area contributed by atoms with Crippen LogP contribution in [0.25, 0.3) is 11.3 Å². The number of amides is 1. The van der Waals surface area contributed by atoms with Crippen molar-refractivity contribution in [1.29, 1.82) is 0 Å². The molecule has 1 amide bonds. The Kier molecular flexibility index (Phi) is 11.4. The maximum atomic E-state index is 12.1. The maximum absolute atomic E-state index is 12.1. The molecule has 1 aromatic heterocycles. The van der Waals surface area contributed by atoms with Crippen molar-refractivity contribution < 1.29 is 48.8 Å². The molecule has 4 rings (SSSR count). The molecule has 1 aliphatic carbocycles. The van der Waals surface area contributed by atoms with Crippen LogP contribution in [0.15, 0.2) is 53.1 Å². The summed E-state index contributed by atoms with van der Waals surface area (Å²) in [6, 6.07) is 14.7. The number of carbonyl (C=O) groups excluding carboxylic acids is 2. The van der Waals surface area contributed by atoms with Gasteiger partial charge in [-0.05, 0) is 42.5 Å². The summed E-state index contributed by atoms with van der Waals surface area (Å²) < 4.78 is 4.98. The Morgan fingerprint density at radius 1 is 1.19 bits per heavy atom. The molecule has 0 radical (unpaired) electrons. The maximum Gasteiger partial charge on any atom is 1.00 e. The van der Waals surface area contributed by atoms with Gasteiger partial charge in [0.2, 0.25) is 0 Å². The smallest absolute Gasteiger partial charge is 0.507 e. The summed E-state index contributed by atoms with van der Waals surface area (Å²) in [5.74, 6) is -0.164. The zero-order chi connectivity index (χ0) is 21.5. The van der Waals surface area contributed by atoms with E-state index >= 15 is 0 Å². The van der Waals surface area contributed by atoms with Gasteiger partial charge in [0.25, 0.3) is 5.91 Å². The number of phenolic OH excluding ortho intramolecular Hbond substituents is 1. The normalized spacial score (nSPS) is 11.2. The summed E-state index contributed by atoms with van der Waals surface area (Å²) in [5, 5.41) is 13.5. The van der Waals surface area contributed by atoms with E-state index in [4.69, 9.17) is 10.3 Å². The summed E-state index contributed by atoms with van der Waals surface area (Å²) in [5.41, 5.74) is 9.38. The van der Waals surface area contributed by atoms with E-state index in [9.17, 15) is 14.7 Å². The van der Waals surface area contributed by atoms with E-state index in [-0.39, 0.29) is 59.9 Å². The van der Waals surface area contributed by atoms with Crippen LogP contribution < -0.4 is 35.3 Å². The summed E-state index contributed by atoms with van der Waals surface area (Å²) in [6.45, 7) is 0.735. The van der Waals surface area contributed by atoms with Crippen LogP contribution in [0.5, 0.6) is 5.75 Å². The molecule has 0 fully saturated rings. The van der Waals surface area contributed by atoms with E-state index in [1.54, 1.807) is 24.2 Å². The van der Waals surface area contributed by atoms with E-state index in [1.807, 2.05) is 0 Å². The van der Waals surface area contributed by atoms with Gasteiger partial charge in [0, 0.05) is 31.8 Å². The first-order valence-corrected chi connectivity index (χ1v) is 9.81. The van der Waals surface area contributed by atoms with E-state index < -0.39 is 0 Å². The topological polar surface area (TPSA) is 110 Å². The molecule has 7 nitrogen and oxygen atoms in total. The van der Waals surface area contributed by atoms with Crippen LogP contribution in [0.4, 0.5) is 0 Å². The first-order valence-electron chi connectivity index (χ1n) is 9.81. The minimum Gasteiger partial charge on any atom is -0.507 e. The van der Waals surface area contributed by atoms with Crippen molar-refractivity contribution in [3.63, 3.8) is 0 Å². The molecule has 32 heavy (non-hydrogen) atoms. The number of phenols is 1. The molecule has 3 aromatic rings. The second-order valence-corrected chi connectivity index (χ2v) is 7.10. The second kappa shape index (κ2) is 13.2. The van der Waals surface area contributed by atoms with Crippen LogP contribution in [0.1, 0.15) is 38.4 Å². The quantitative estimate of drug-likeness (QED) is 0.337. The summed E-state index contributed by atoms with van der Waals surface area (Å²) in [4.78, 5) is 24.1. The van der Waals surface area contributed by atoms with Gasteiger partial charge in [-0.25, -0.2) is 0 Å². The Balaban J connectivity index is 0.000000390. The number of hydrogen-bond donors (Lipinski definition) is 2. The molecule has 0 aliphatic heterocycles. The first-order chi connectivity index (χ1) is 14.5. The molecule has 0 atom stereocenters. The molecule has 164 valence electrons. The number of nitrogens with zero attached hydrogens (tertiary/aromatic N) is 2. The van der Waals surface area contributed by atoms with E-state index in [0.717, 1.165) is 0 Å². The Morgan fingerprint density at radius 3 is 2.38 bits per heavy atom. The molecule has 0 bridgehead atoms. The number of rotatable bonds is 5. The largest absolute Gasteiger partial charge is 1.00 e. The Labute approximate surface area is 210 Å². The number of aromatic hydroxyl groups is 1. The average molecular weight is 445 g/mol. The van der Waals surface area contributed by atoms with Crippen molar-refractivity contribution in [2.24, 2.45) is 5.73 Å². The van der Waals surface area contributed by atoms with E-state index in [0.29, 0.717) is 30.7 Å². The Bertz CT molecular complexity index is 1010. The Hall–Kier alpha value is -2.45. The van der Waals surface area contributed by atoms with Gasteiger partial charge in [0.05, 0.1) is 5.56 Å². The van der Waals surface area contributed by atoms with Gasteiger partial charge < -0.3 is 27.7 Å². The van der Waals surface area contributed by atoms with Gasteiger partial charge >= 0.3 is 29.6 Å². The molecule has 1 aliphatic rings. The van der Waals surface area contributed by atoms with Crippen molar-refractivity contribution >= 4 is 12.2 Å². The number of likely N-dealkylation sites (N-methyl/N-ethyl adjacent to an activating group) is 1. The van der Waals surface area contributed by atoms with Gasteiger partial charge in [0.1, 0.15) is 11.4 Å². The third kappa shape index (κ3) is 6.77. The number of fused-ring (bicyclic) bond motifs is 1. The predicted molar refractivity (Wildman–Crippen MR) is 120 cm³/mol. The summed E-state index contributed by atoms with van der Waals surface area (Å²) in [7, 11) is 1.61. The first kappa shape index (κ1) is 27.6. The van der Waals surface area contributed by atoms with Crippen LogP contribution >= 0.6 is 0 Å². The number of hydrogen-bond acceptors (Lipinski definition) is 6. The number of aromatic nitrogens is 1. The third-order valence-electron chi connectivity index (χ3n) is 4.98. The van der Waals surface area contributed by atoms with E-state index in [2.05, 4.69) is 29.4 Å². The zero-order valence-corrected chi connectivity index (χ0v) is 20.9. The van der Waals surface area contributed by atoms with Gasteiger partial charge in [-0.1, -0.05) is 35.5 Å². The fraction of sp³-hybridized carbons (Fsp3) is 0.250. The van der Waals surface area contributed by atoms with Gasteiger partial charge in [-0.2, -0.15) is 0 Å². The third-order valence-corrected chi connectivity index (χ3v) is 4.98. The molecular weight excluding hydrogens is 417 g/mol. The molecule has 0 saturated carbocycles. The molecule has 0 saturated heterocycles. The molecular formula is C24H28N3NaO4. The second-order valence-electron chi connectivity index (χ2n) is 7.10. The molecule has 8 heteroatoms. The summed E-state index contributed by atoms with van der Waals surface area (Å²) in [6.07, 6.45) is 4.53. The fourth-order valence-electron chi connectivity index (χ4n) is 3.36. The standard InChI is InChI=1S/C14H15N3O4.C9H10.CH3.Na/c1-17(5-4-15)14(20)11-3-2-9(6-12(11)19)13-7-10(8-18)16-21-13;1-2-5-9-7-3-6-8(9)4-1;;/h2-3,6-8,19H,4-5,15H2,1H3;1-2,4-5H,3,6-7H2;1H3;/q;;-1;+1. The van der Waals surface area contributed by atoms with E-state index in [1.165, 1.54) is 42.4 Å². The van der Waals surface area contributed by atoms with Crippen molar-refractivity contribution in [2.75, 3.05) is 20.1 Å². The molecule has 2 aromatic carbocycles. The fourth-order valence-corrected chi connectivity index (χ4v) is 3.36. The van der Waals surface area contributed by atoms with Crippen LogP contribution in [0.2, 0.25) is 0 Å². The van der Waals surface area contributed by atoms with Crippen molar-refractivity contribution in [2.45, 2.75) is 19.3 Å². The molecule has 3 N–H and O–H groups in total. The SMILES string of the molecule is CN(CCN)C(=O)c1ccc(-c2cc(C=O)no2)cc1O.[CH3-].[Na+].c1ccc2c(c1)CCC2. The number of aldehydes is 1.